The average Bonchev–Trinajstić information content (AvgIpc) is 2.52. The molecular weight excluding hydrogens is 238 g/mol. The van der Waals surface area contributed by atoms with E-state index in [4.69, 9.17) is 5.73 Å². The lowest BCUT2D eigenvalue weighted by atomic mass is 10.3. The van der Waals surface area contributed by atoms with Crippen LogP contribution in [-0.4, -0.2) is 22.7 Å². The third kappa shape index (κ3) is 3.94. The van der Waals surface area contributed by atoms with Crippen LogP contribution in [0.25, 0.3) is 0 Å². The van der Waals surface area contributed by atoms with Crippen molar-refractivity contribution >= 4 is 40.6 Å². The number of nitrogens with one attached hydrogen (secondary N) is 1. The van der Waals surface area contributed by atoms with E-state index >= 15 is 0 Å². The number of anilines is 1. The maximum Gasteiger partial charge on any atom is 0.242 e. The van der Waals surface area contributed by atoms with Crippen molar-refractivity contribution in [2.45, 2.75) is 19.9 Å². The van der Waals surface area contributed by atoms with Crippen molar-refractivity contribution in [2.24, 2.45) is 5.73 Å². The van der Waals surface area contributed by atoms with Gasteiger partial charge in [0.15, 0.2) is 10.9 Å². The van der Waals surface area contributed by atoms with E-state index in [1.807, 2.05) is 0 Å². The van der Waals surface area contributed by atoms with E-state index in [2.05, 4.69) is 10.3 Å². The van der Waals surface area contributed by atoms with Crippen LogP contribution in [0.1, 0.15) is 24.3 Å². The first kappa shape index (κ1) is 14.0. The summed E-state index contributed by atoms with van der Waals surface area (Å²) < 4.78 is 0. The van der Waals surface area contributed by atoms with E-state index in [-0.39, 0.29) is 24.1 Å². The second-order valence-electron chi connectivity index (χ2n) is 2.87. The quantitative estimate of drug-likeness (QED) is 0.785. The van der Waals surface area contributed by atoms with Gasteiger partial charge in [0.2, 0.25) is 5.91 Å². The molecule has 84 valence electrons. The largest absolute Gasteiger partial charge is 0.320 e. The van der Waals surface area contributed by atoms with E-state index in [0.29, 0.717) is 10.8 Å². The minimum absolute atomic E-state index is 0. The maximum absolute atomic E-state index is 11.1. The topological polar surface area (TPSA) is 85.1 Å². The highest BCUT2D eigenvalue weighted by Gasteiger charge is 2.11. The monoisotopic (exact) mass is 249 g/mol. The first-order valence-corrected chi connectivity index (χ1v) is 4.91. The molecule has 3 N–H and O–H groups in total. The third-order valence-electron chi connectivity index (χ3n) is 1.51. The summed E-state index contributed by atoms with van der Waals surface area (Å²) in [4.78, 5) is 25.9. The minimum Gasteiger partial charge on any atom is -0.320 e. The molecule has 0 spiro atoms. The van der Waals surface area contributed by atoms with Crippen LogP contribution in [-0.2, 0) is 4.79 Å². The van der Waals surface area contributed by atoms with Crippen LogP contribution in [0.3, 0.4) is 0 Å². The molecule has 15 heavy (non-hydrogen) atoms. The molecule has 0 aliphatic heterocycles. The zero-order valence-corrected chi connectivity index (χ0v) is 9.95. The van der Waals surface area contributed by atoms with Gasteiger partial charge in [-0.1, -0.05) is 0 Å². The minimum atomic E-state index is -0.584. The van der Waals surface area contributed by atoms with Crippen LogP contribution in [0.5, 0.6) is 0 Å². The Hall–Kier alpha value is -0.980. The van der Waals surface area contributed by atoms with E-state index in [9.17, 15) is 9.59 Å². The molecule has 1 rings (SSSR count). The number of nitrogens with zero attached hydrogens (tertiary/aromatic N) is 1. The van der Waals surface area contributed by atoms with Gasteiger partial charge >= 0.3 is 0 Å². The summed E-state index contributed by atoms with van der Waals surface area (Å²) in [5, 5.41) is 4.50. The molecule has 1 aromatic heterocycles. The first-order chi connectivity index (χ1) is 6.50. The van der Waals surface area contributed by atoms with Gasteiger partial charge in [-0.3, -0.25) is 9.59 Å². The standard InChI is InChI=1S/C8H11N3O2S.ClH/c1-4(9)7(13)11-8-10-6(3-14-8)5(2)12;/h3-4H,9H2,1-2H3,(H,10,11,13);1H. The van der Waals surface area contributed by atoms with Gasteiger partial charge < -0.3 is 11.1 Å². The zero-order chi connectivity index (χ0) is 10.7. The van der Waals surface area contributed by atoms with Gasteiger partial charge in [0, 0.05) is 12.3 Å². The molecule has 1 unspecified atom stereocenters. The Morgan fingerprint density at radius 3 is 2.60 bits per heavy atom. The van der Waals surface area contributed by atoms with Gasteiger partial charge in [0.05, 0.1) is 6.04 Å². The summed E-state index contributed by atoms with van der Waals surface area (Å²) in [6, 6.07) is -0.584. The number of carbonyl (C=O) groups is 2. The van der Waals surface area contributed by atoms with E-state index < -0.39 is 6.04 Å². The fraction of sp³-hybridized carbons (Fsp3) is 0.375. The molecule has 0 saturated heterocycles. The molecule has 1 atom stereocenters. The average molecular weight is 250 g/mol. The fourth-order valence-corrected chi connectivity index (χ4v) is 1.46. The van der Waals surface area contributed by atoms with E-state index in [1.54, 1.807) is 12.3 Å². The van der Waals surface area contributed by atoms with Crippen molar-refractivity contribution in [3.8, 4) is 0 Å². The summed E-state index contributed by atoms with van der Waals surface area (Å²) in [6.07, 6.45) is 0. The lowest BCUT2D eigenvalue weighted by molar-refractivity contribution is -0.117. The molecule has 1 aromatic rings. The van der Waals surface area contributed by atoms with Crippen molar-refractivity contribution < 1.29 is 9.59 Å². The van der Waals surface area contributed by atoms with Crippen LogP contribution in [0.15, 0.2) is 5.38 Å². The van der Waals surface area contributed by atoms with Gasteiger partial charge in [-0.25, -0.2) is 4.98 Å². The maximum atomic E-state index is 11.1. The Morgan fingerprint density at radius 2 is 2.20 bits per heavy atom. The van der Waals surface area contributed by atoms with Gasteiger partial charge in [-0.2, -0.15) is 0 Å². The fourth-order valence-electron chi connectivity index (χ4n) is 0.712. The number of Topliss-reactive ketones (excluding diaryl/α,β-unsaturated/α-hetero) is 1. The number of ketones is 1. The second kappa shape index (κ2) is 5.79. The van der Waals surface area contributed by atoms with Crippen LogP contribution in [0, 0.1) is 0 Å². The van der Waals surface area contributed by atoms with E-state index in [1.165, 1.54) is 18.3 Å². The van der Waals surface area contributed by atoms with E-state index in [0.717, 1.165) is 0 Å². The van der Waals surface area contributed by atoms with Gasteiger partial charge in [-0.15, -0.1) is 23.7 Å². The number of nitrogens with two attached hydrogens (primary N) is 1. The predicted molar refractivity (Wildman–Crippen MR) is 61.6 cm³/mol. The Bertz CT molecular complexity index is 365. The normalized spacial score (nSPS) is 11.4. The van der Waals surface area contributed by atoms with Crippen LogP contribution in [0.4, 0.5) is 5.13 Å². The van der Waals surface area contributed by atoms with Crippen LogP contribution < -0.4 is 11.1 Å². The Kier molecular flexibility index (Phi) is 5.41. The highest BCUT2D eigenvalue weighted by atomic mass is 35.5. The van der Waals surface area contributed by atoms with Gasteiger partial charge in [-0.05, 0) is 6.92 Å². The number of hydrogen-bond acceptors (Lipinski definition) is 5. The number of amides is 1. The molecule has 7 heteroatoms. The smallest absolute Gasteiger partial charge is 0.242 e. The van der Waals surface area contributed by atoms with Crippen molar-refractivity contribution in [1.29, 1.82) is 0 Å². The SMILES string of the molecule is CC(=O)c1csc(NC(=O)C(C)N)n1.Cl. The highest BCUT2D eigenvalue weighted by Crippen LogP contribution is 2.15. The van der Waals surface area contributed by atoms with Crippen molar-refractivity contribution in [3.63, 3.8) is 0 Å². The Morgan fingerprint density at radius 1 is 1.60 bits per heavy atom. The molecule has 0 radical (unpaired) electrons. The summed E-state index contributed by atoms with van der Waals surface area (Å²) >= 11 is 1.20. The molecule has 0 bridgehead atoms. The van der Waals surface area contributed by atoms with Crippen molar-refractivity contribution in [3.05, 3.63) is 11.1 Å². The Labute approximate surface area is 97.5 Å². The molecule has 1 amide bonds. The first-order valence-electron chi connectivity index (χ1n) is 4.03. The molecular formula is C8H12ClN3O2S. The number of thiazole rings is 1. The molecule has 5 nitrogen and oxygen atoms in total. The van der Waals surface area contributed by atoms with Gasteiger partial charge in [0.25, 0.3) is 0 Å². The molecule has 0 saturated carbocycles. The lowest BCUT2D eigenvalue weighted by Crippen LogP contribution is -2.32. The summed E-state index contributed by atoms with van der Waals surface area (Å²) in [5.74, 6) is -0.433. The van der Waals surface area contributed by atoms with Crippen LogP contribution >= 0.6 is 23.7 Å². The zero-order valence-electron chi connectivity index (χ0n) is 8.31. The number of rotatable bonds is 3. The molecule has 0 aliphatic rings. The molecule has 0 aromatic carbocycles. The number of carbonyl (C=O) groups excluding carboxylic acids is 2. The number of halogens is 1. The highest BCUT2D eigenvalue weighted by molar-refractivity contribution is 7.14. The van der Waals surface area contributed by atoms with Gasteiger partial charge in [0.1, 0.15) is 5.69 Å². The number of aromatic nitrogens is 1. The molecule has 0 aliphatic carbocycles. The van der Waals surface area contributed by atoms with Crippen LogP contribution in [0.2, 0.25) is 0 Å². The third-order valence-corrected chi connectivity index (χ3v) is 2.27. The summed E-state index contributed by atoms with van der Waals surface area (Å²) in [5.41, 5.74) is 5.70. The second-order valence-corrected chi connectivity index (χ2v) is 3.73. The molecule has 0 fully saturated rings. The molecule has 1 heterocycles. The van der Waals surface area contributed by atoms with Crippen molar-refractivity contribution in [2.75, 3.05) is 5.32 Å². The summed E-state index contributed by atoms with van der Waals surface area (Å²) in [7, 11) is 0. The lowest BCUT2D eigenvalue weighted by Gasteiger charge is -2.03. The summed E-state index contributed by atoms with van der Waals surface area (Å²) in [6.45, 7) is 3.00. The predicted octanol–water partition coefficient (Wildman–Crippen LogP) is 1.05. The Balaban J connectivity index is 0.00000196. The number of hydrogen-bond donors (Lipinski definition) is 2. The van der Waals surface area contributed by atoms with Crippen molar-refractivity contribution in [1.82, 2.24) is 4.98 Å².